The predicted octanol–water partition coefficient (Wildman–Crippen LogP) is 1.82. The Balaban J connectivity index is 2.54. The van der Waals surface area contributed by atoms with Crippen LogP contribution in [-0.4, -0.2) is 15.6 Å². The summed E-state index contributed by atoms with van der Waals surface area (Å²) in [6.45, 7) is 4.22. The van der Waals surface area contributed by atoms with Crippen LogP contribution in [0.2, 0.25) is 0 Å². The fourth-order valence-corrected chi connectivity index (χ4v) is 1.85. The average molecular weight is 223 g/mol. The Morgan fingerprint density at radius 2 is 2.31 bits per heavy atom. The summed E-state index contributed by atoms with van der Waals surface area (Å²) in [6, 6.07) is -0.520. The van der Waals surface area contributed by atoms with Crippen molar-refractivity contribution in [3.63, 3.8) is 0 Å². The van der Waals surface area contributed by atoms with Crippen molar-refractivity contribution in [1.82, 2.24) is 9.78 Å². The van der Waals surface area contributed by atoms with Gasteiger partial charge in [0.15, 0.2) is 5.78 Å². The summed E-state index contributed by atoms with van der Waals surface area (Å²) in [6.07, 6.45) is 6.20. The molecule has 2 atom stereocenters. The van der Waals surface area contributed by atoms with E-state index in [0.717, 1.165) is 18.4 Å². The van der Waals surface area contributed by atoms with Crippen molar-refractivity contribution in [1.29, 1.82) is 0 Å². The van der Waals surface area contributed by atoms with Gasteiger partial charge in [-0.3, -0.25) is 9.48 Å². The number of rotatable bonds is 6. The highest BCUT2D eigenvalue weighted by Crippen LogP contribution is 2.17. The number of hydrogen-bond donors (Lipinski definition) is 1. The molecule has 2 unspecified atom stereocenters. The van der Waals surface area contributed by atoms with E-state index in [1.54, 1.807) is 17.1 Å². The molecule has 0 radical (unpaired) electrons. The number of hydrogen-bond acceptors (Lipinski definition) is 3. The van der Waals surface area contributed by atoms with Crippen LogP contribution in [0.1, 0.15) is 44.7 Å². The zero-order chi connectivity index (χ0) is 12.1. The van der Waals surface area contributed by atoms with Crippen molar-refractivity contribution in [2.75, 3.05) is 0 Å². The lowest BCUT2D eigenvalue weighted by atomic mass is 9.95. The van der Waals surface area contributed by atoms with Crippen LogP contribution in [0.15, 0.2) is 12.4 Å². The zero-order valence-corrected chi connectivity index (χ0v) is 10.3. The third kappa shape index (κ3) is 3.45. The molecule has 0 aliphatic rings. The molecule has 0 saturated carbocycles. The molecule has 16 heavy (non-hydrogen) atoms. The summed E-state index contributed by atoms with van der Waals surface area (Å²) in [5, 5.41) is 4.02. The minimum Gasteiger partial charge on any atom is -0.318 e. The Labute approximate surface area is 96.8 Å². The van der Waals surface area contributed by atoms with Crippen LogP contribution in [-0.2, 0) is 11.8 Å². The molecule has 0 saturated heterocycles. The van der Waals surface area contributed by atoms with Gasteiger partial charge in [0.25, 0.3) is 0 Å². The van der Waals surface area contributed by atoms with Crippen molar-refractivity contribution in [3.8, 4) is 0 Å². The highest BCUT2D eigenvalue weighted by Gasteiger charge is 2.19. The van der Waals surface area contributed by atoms with E-state index in [9.17, 15) is 4.79 Å². The standard InChI is InChI=1S/C12H21N3O/c1-4-5-9(2)6-11(16)12(13)10-7-14-15(3)8-10/h7-9,12H,4-6,13H2,1-3H3. The number of carbonyl (C=O) groups is 1. The van der Waals surface area contributed by atoms with Crippen LogP contribution in [0.4, 0.5) is 0 Å². The Morgan fingerprint density at radius 1 is 1.62 bits per heavy atom. The maximum absolute atomic E-state index is 11.9. The molecule has 4 nitrogen and oxygen atoms in total. The molecular weight excluding hydrogens is 202 g/mol. The van der Waals surface area contributed by atoms with Crippen LogP contribution in [0, 0.1) is 5.92 Å². The van der Waals surface area contributed by atoms with E-state index < -0.39 is 6.04 Å². The number of aromatic nitrogens is 2. The summed E-state index contributed by atoms with van der Waals surface area (Å²) in [5.41, 5.74) is 6.70. The Morgan fingerprint density at radius 3 is 2.81 bits per heavy atom. The molecule has 90 valence electrons. The third-order valence-electron chi connectivity index (χ3n) is 2.76. The lowest BCUT2D eigenvalue weighted by molar-refractivity contribution is -0.121. The number of Topliss-reactive ketones (excluding diaryl/α,β-unsaturated/α-hetero) is 1. The average Bonchev–Trinajstić information content (AvgIpc) is 2.64. The number of nitrogens with two attached hydrogens (primary N) is 1. The van der Waals surface area contributed by atoms with Gasteiger partial charge >= 0.3 is 0 Å². The minimum atomic E-state index is -0.520. The van der Waals surface area contributed by atoms with Gasteiger partial charge in [0.2, 0.25) is 0 Å². The van der Waals surface area contributed by atoms with Crippen LogP contribution in [0.25, 0.3) is 0 Å². The quantitative estimate of drug-likeness (QED) is 0.800. The molecule has 4 heteroatoms. The SMILES string of the molecule is CCCC(C)CC(=O)C(N)c1cnn(C)c1. The molecule has 1 heterocycles. The van der Waals surface area contributed by atoms with E-state index in [-0.39, 0.29) is 5.78 Å². The normalized spacial score (nSPS) is 14.8. The third-order valence-corrected chi connectivity index (χ3v) is 2.76. The molecule has 0 aliphatic heterocycles. The Kier molecular flexibility index (Phi) is 4.68. The highest BCUT2D eigenvalue weighted by atomic mass is 16.1. The maximum atomic E-state index is 11.9. The molecule has 0 spiro atoms. The van der Waals surface area contributed by atoms with Gasteiger partial charge in [0.05, 0.1) is 12.2 Å². The molecule has 0 amide bonds. The van der Waals surface area contributed by atoms with Crippen molar-refractivity contribution in [3.05, 3.63) is 18.0 Å². The van der Waals surface area contributed by atoms with E-state index in [0.29, 0.717) is 12.3 Å². The molecule has 2 N–H and O–H groups in total. The second-order valence-electron chi connectivity index (χ2n) is 4.49. The highest BCUT2D eigenvalue weighted by molar-refractivity contribution is 5.85. The van der Waals surface area contributed by atoms with Gasteiger partial charge in [0, 0.05) is 25.2 Å². The number of ketones is 1. The molecule has 0 fully saturated rings. The minimum absolute atomic E-state index is 0.106. The maximum Gasteiger partial charge on any atom is 0.154 e. The fraction of sp³-hybridized carbons (Fsp3) is 0.667. The molecule has 1 aromatic heterocycles. The smallest absolute Gasteiger partial charge is 0.154 e. The number of nitrogens with zero attached hydrogens (tertiary/aromatic N) is 2. The predicted molar refractivity (Wildman–Crippen MR) is 63.8 cm³/mol. The van der Waals surface area contributed by atoms with E-state index >= 15 is 0 Å². The lowest BCUT2D eigenvalue weighted by Crippen LogP contribution is -2.22. The second kappa shape index (κ2) is 5.80. The van der Waals surface area contributed by atoms with Crippen LogP contribution in [0.5, 0.6) is 0 Å². The summed E-state index contributed by atoms with van der Waals surface area (Å²) in [4.78, 5) is 11.9. The van der Waals surface area contributed by atoms with Crippen LogP contribution >= 0.6 is 0 Å². The second-order valence-corrected chi connectivity index (χ2v) is 4.49. The molecule has 0 bridgehead atoms. The zero-order valence-electron chi connectivity index (χ0n) is 10.3. The van der Waals surface area contributed by atoms with Gasteiger partial charge in [-0.15, -0.1) is 0 Å². The van der Waals surface area contributed by atoms with Gasteiger partial charge in [0.1, 0.15) is 0 Å². The Bertz CT molecular complexity index is 346. The first-order valence-corrected chi connectivity index (χ1v) is 5.81. The van der Waals surface area contributed by atoms with Gasteiger partial charge < -0.3 is 5.73 Å². The Hall–Kier alpha value is -1.16. The first kappa shape index (κ1) is 12.9. The van der Waals surface area contributed by atoms with E-state index in [2.05, 4.69) is 18.9 Å². The van der Waals surface area contributed by atoms with Crippen molar-refractivity contribution in [2.24, 2.45) is 18.7 Å². The van der Waals surface area contributed by atoms with E-state index in [4.69, 9.17) is 5.73 Å². The summed E-state index contributed by atoms with van der Waals surface area (Å²) < 4.78 is 1.66. The first-order valence-electron chi connectivity index (χ1n) is 5.81. The summed E-state index contributed by atoms with van der Waals surface area (Å²) >= 11 is 0. The molecule has 0 aromatic carbocycles. The molecule has 1 rings (SSSR count). The molecular formula is C12H21N3O. The largest absolute Gasteiger partial charge is 0.318 e. The van der Waals surface area contributed by atoms with Gasteiger partial charge in [-0.25, -0.2) is 0 Å². The fourth-order valence-electron chi connectivity index (χ4n) is 1.85. The van der Waals surface area contributed by atoms with Crippen molar-refractivity contribution >= 4 is 5.78 Å². The van der Waals surface area contributed by atoms with Gasteiger partial charge in [-0.1, -0.05) is 26.7 Å². The monoisotopic (exact) mass is 223 g/mol. The first-order chi connectivity index (χ1) is 7.54. The van der Waals surface area contributed by atoms with Gasteiger partial charge in [-0.2, -0.15) is 5.10 Å². The molecule has 0 aliphatic carbocycles. The van der Waals surface area contributed by atoms with E-state index in [1.165, 1.54) is 0 Å². The topological polar surface area (TPSA) is 60.9 Å². The summed E-state index contributed by atoms with van der Waals surface area (Å²) in [7, 11) is 1.82. The van der Waals surface area contributed by atoms with E-state index in [1.807, 2.05) is 7.05 Å². The number of carbonyl (C=O) groups excluding carboxylic acids is 1. The van der Waals surface area contributed by atoms with Crippen molar-refractivity contribution in [2.45, 2.75) is 39.2 Å². The lowest BCUT2D eigenvalue weighted by Gasteiger charge is -2.12. The molecule has 1 aromatic rings. The van der Waals surface area contributed by atoms with Crippen LogP contribution < -0.4 is 5.73 Å². The van der Waals surface area contributed by atoms with Crippen molar-refractivity contribution < 1.29 is 4.79 Å². The summed E-state index contributed by atoms with van der Waals surface area (Å²) in [5.74, 6) is 0.522. The van der Waals surface area contributed by atoms with Crippen LogP contribution in [0.3, 0.4) is 0 Å². The number of aryl methyl sites for hydroxylation is 1. The van der Waals surface area contributed by atoms with Gasteiger partial charge in [-0.05, 0) is 5.92 Å².